The van der Waals surface area contributed by atoms with Gasteiger partial charge in [-0.15, -0.1) is 0 Å². The van der Waals surface area contributed by atoms with Gasteiger partial charge in [0.05, 0.1) is 44.3 Å². The van der Waals surface area contributed by atoms with E-state index in [4.69, 9.17) is 17.3 Å². The van der Waals surface area contributed by atoms with Crippen molar-refractivity contribution in [1.29, 1.82) is 0 Å². The normalized spacial score (nSPS) is 25.3. The third-order valence-electron chi connectivity index (χ3n) is 6.34. The Morgan fingerprint density at radius 3 is 2.73 bits per heavy atom. The number of rotatable bonds is 3. The zero-order valence-electron chi connectivity index (χ0n) is 16.0. The summed E-state index contributed by atoms with van der Waals surface area (Å²) in [6.45, 7) is 1.21. The predicted molar refractivity (Wildman–Crippen MR) is 106 cm³/mol. The maximum atomic E-state index is 10.9. The molecular formula is C21H30ClN3O+2. The second kappa shape index (κ2) is 6.28. The van der Waals surface area contributed by atoms with E-state index in [9.17, 15) is 5.21 Å². The van der Waals surface area contributed by atoms with Gasteiger partial charge in [-0.05, 0) is 55.6 Å². The van der Waals surface area contributed by atoms with Crippen molar-refractivity contribution in [2.24, 2.45) is 11.8 Å². The van der Waals surface area contributed by atoms with E-state index < -0.39 is 0 Å². The number of benzene rings is 1. The van der Waals surface area contributed by atoms with Gasteiger partial charge in [-0.25, -0.2) is 0 Å². The van der Waals surface area contributed by atoms with E-state index in [1.165, 1.54) is 42.5 Å². The van der Waals surface area contributed by atoms with E-state index in [-0.39, 0.29) is 0 Å². The number of quaternary nitrogens is 1. The number of nitrogens with two attached hydrogens (primary N) is 1. The Kier molecular flexibility index (Phi) is 4.31. The quantitative estimate of drug-likeness (QED) is 0.487. The Morgan fingerprint density at radius 1 is 1.23 bits per heavy atom. The molecule has 0 amide bonds. The molecule has 2 aliphatic rings. The molecule has 1 heterocycles. The van der Waals surface area contributed by atoms with Crippen LogP contribution in [0.2, 0.25) is 5.02 Å². The van der Waals surface area contributed by atoms with Crippen LogP contribution in [-0.2, 0) is 6.42 Å². The Balaban J connectivity index is 1.72. The van der Waals surface area contributed by atoms with Crippen LogP contribution in [0.4, 0.5) is 5.69 Å². The van der Waals surface area contributed by atoms with Crippen molar-refractivity contribution in [3.8, 4) is 0 Å². The molecule has 140 valence electrons. The molecule has 3 N–H and O–H groups in total. The molecule has 3 atom stereocenters. The minimum Gasteiger partial charge on any atom is -0.398 e. The fraction of sp³-hybridized carbons (Fsp3) is 0.571. The summed E-state index contributed by atoms with van der Waals surface area (Å²) in [6, 6.07) is 5.59. The molecule has 0 radical (unpaired) electrons. The first kappa shape index (κ1) is 17.9. The van der Waals surface area contributed by atoms with Gasteiger partial charge in [0, 0.05) is 22.2 Å². The molecule has 5 heteroatoms. The lowest BCUT2D eigenvalue weighted by Gasteiger charge is -2.39. The second-order valence-corrected chi connectivity index (χ2v) is 9.83. The van der Waals surface area contributed by atoms with Crippen LogP contribution in [0, 0.1) is 11.8 Å². The Hall–Kier alpha value is -1.52. The van der Waals surface area contributed by atoms with E-state index in [1.54, 1.807) is 0 Å². The van der Waals surface area contributed by atoms with Gasteiger partial charge in [-0.2, -0.15) is 0 Å². The molecule has 0 spiro atoms. The van der Waals surface area contributed by atoms with E-state index in [1.807, 2.05) is 18.2 Å². The number of hydrogen-bond acceptors (Lipinski definition) is 2. The molecule has 26 heavy (non-hydrogen) atoms. The van der Waals surface area contributed by atoms with E-state index in [2.05, 4.69) is 21.1 Å². The fourth-order valence-electron chi connectivity index (χ4n) is 5.17. The van der Waals surface area contributed by atoms with Crippen LogP contribution in [-0.4, -0.2) is 37.4 Å². The smallest absolute Gasteiger partial charge is 0.268 e. The van der Waals surface area contributed by atoms with Crippen molar-refractivity contribution in [2.75, 3.05) is 33.4 Å². The lowest BCUT2D eigenvalue weighted by Crippen LogP contribution is -2.44. The van der Waals surface area contributed by atoms with Crippen LogP contribution in [0.15, 0.2) is 18.2 Å². The highest BCUT2D eigenvalue weighted by atomic mass is 35.5. The van der Waals surface area contributed by atoms with Gasteiger partial charge in [0.2, 0.25) is 5.69 Å². The zero-order valence-corrected chi connectivity index (χ0v) is 16.8. The highest BCUT2D eigenvalue weighted by Crippen LogP contribution is 2.49. The maximum Gasteiger partial charge on any atom is 0.268 e. The van der Waals surface area contributed by atoms with Crippen molar-refractivity contribution >= 4 is 28.2 Å². The first-order chi connectivity index (χ1) is 12.2. The number of anilines is 1. The van der Waals surface area contributed by atoms with E-state index in [0.717, 1.165) is 39.1 Å². The average Bonchev–Trinajstić information content (AvgIpc) is 2.56. The molecular weight excluding hydrogens is 346 g/mol. The molecule has 2 aromatic rings. The SMILES string of the molecule is C[N+](C)(C)CCC1CC2Cc3c(c(N)c4ccc(Cl)cc4[n+]3O)C(C1)C2. The number of halogens is 1. The van der Waals surface area contributed by atoms with E-state index >= 15 is 0 Å². The first-order valence-electron chi connectivity index (χ1n) is 9.68. The fourth-order valence-corrected chi connectivity index (χ4v) is 5.33. The van der Waals surface area contributed by atoms with Gasteiger partial charge in [-0.3, -0.25) is 5.21 Å². The minimum absolute atomic E-state index is 0.466. The predicted octanol–water partition coefficient (Wildman–Crippen LogP) is 3.75. The van der Waals surface area contributed by atoms with Gasteiger partial charge in [0.1, 0.15) is 0 Å². The number of pyridine rings is 1. The number of hydrogen-bond donors (Lipinski definition) is 2. The molecule has 0 aliphatic heterocycles. The Morgan fingerprint density at radius 2 is 2.00 bits per heavy atom. The summed E-state index contributed by atoms with van der Waals surface area (Å²) in [5, 5.41) is 12.4. The minimum atomic E-state index is 0.466. The standard InChI is InChI=1S/C21H29ClN3O/c1-25(2,3)7-6-13-8-14-10-15(9-13)20-19(11-14)24(26)18-12-16(22)4-5-17(18)21(20)23/h4-5,12-15,23,26H,6-11H2,1-3H3/q+1/p+1. The van der Waals surface area contributed by atoms with Crippen molar-refractivity contribution in [3.05, 3.63) is 34.5 Å². The Bertz CT molecular complexity index is 859. The monoisotopic (exact) mass is 375 g/mol. The van der Waals surface area contributed by atoms with Crippen LogP contribution in [0.25, 0.3) is 10.9 Å². The summed E-state index contributed by atoms with van der Waals surface area (Å²) in [6.07, 6.45) is 5.84. The van der Waals surface area contributed by atoms with Crippen LogP contribution in [0.5, 0.6) is 0 Å². The van der Waals surface area contributed by atoms with Crippen LogP contribution >= 0.6 is 11.6 Å². The second-order valence-electron chi connectivity index (χ2n) is 9.39. The number of nitrogens with zero attached hydrogens (tertiary/aromatic N) is 2. The van der Waals surface area contributed by atoms with Crippen LogP contribution in [0.3, 0.4) is 0 Å². The van der Waals surface area contributed by atoms with Gasteiger partial charge < -0.3 is 10.2 Å². The molecule has 1 fully saturated rings. The molecule has 4 rings (SSSR count). The average molecular weight is 376 g/mol. The van der Waals surface area contributed by atoms with Gasteiger partial charge in [0.25, 0.3) is 5.52 Å². The molecule has 0 saturated heterocycles. The molecule has 1 aromatic carbocycles. The third-order valence-corrected chi connectivity index (χ3v) is 6.57. The topological polar surface area (TPSA) is 50.1 Å². The first-order valence-corrected chi connectivity index (χ1v) is 10.1. The highest BCUT2D eigenvalue weighted by Gasteiger charge is 2.42. The summed E-state index contributed by atoms with van der Waals surface area (Å²) in [4.78, 5) is 0. The van der Waals surface area contributed by atoms with Crippen LogP contribution in [0.1, 0.15) is 42.9 Å². The van der Waals surface area contributed by atoms with Gasteiger partial charge >= 0.3 is 0 Å². The summed E-state index contributed by atoms with van der Waals surface area (Å²) in [5.41, 5.74) is 10.4. The number of nitrogen functional groups attached to an aromatic ring is 1. The van der Waals surface area contributed by atoms with Crippen molar-refractivity contribution in [1.82, 2.24) is 0 Å². The third kappa shape index (κ3) is 3.14. The van der Waals surface area contributed by atoms with Crippen molar-refractivity contribution in [3.63, 3.8) is 0 Å². The molecule has 1 saturated carbocycles. The zero-order chi connectivity index (χ0) is 18.6. The van der Waals surface area contributed by atoms with E-state index in [0.29, 0.717) is 16.9 Å². The lowest BCUT2D eigenvalue weighted by atomic mass is 9.65. The molecule has 4 nitrogen and oxygen atoms in total. The molecule has 2 aliphatic carbocycles. The maximum absolute atomic E-state index is 10.9. The molecule has 2 bridgehead atoms. The highest BCUT2D eigenvalue weighted by molar-refractivity contribution is 6.31. The number of aromatic nitrogens is 1. The summed E-state index contributed by atoms with van der Waals surface area (Å²) in [7, 11) is 6.80. The largest absolute Gasteiger partial charge is 0.398 e. The summed E-state index contributed by atoms with van der Waals surface area (Å²) < 4.78 is 2.38. The summed E-state index contributed by atoms with van der Waals surface area (Å²) >= 11 is 6.15. The summed E-state index contributed by atoms with van der Waals surface area (Å²) in [5.74, 6) is 1.87. The van der Waals surface area contributed by atoms with Gasteiger partial charge in [-0.1, -0.05) is 11.6 Å². The Labute approximate surface area is 160 Å². The molecule has 1 aromatic heterocycles. The van der Waals surface area contributed by atoms with Crippen LogP contribution < -0.4 is 10.5 Å². The van der Waals surface area contributed by atoms with Gasteiger partial charge in [0.15, 0.2) is 0 Å². The van der Waals surface area contributed by atoms with Crippen molar-refractivity contribution < 1.29 is 14.4 Å². The number of fused-ring (bicyclic) bond motifs is 5. The van der Waals surface area contributed by atoms with Crippen molar-refractivity contribution in [2.45, 2.75) is 38.0 Å². The lowest BCUT2D eigenvalue weighted by molar-refractivity contribution is -0.890. The molecule has 3 unspecified atom stereocenters.